The third kappa shape index (κ3) is 4.74. The molecule has 0 saturated heterocycles. The molecule has 0 unspecified atom stereocenters. The lowest BCUT2D eigenvalue weighted by atomic mass is 10.1. The van der Waals surface area contributed by atoms with Crippen LogP contribution in [0.15, 0.2) is 36.5 Å². The van der Waals surface area contributed by atoms with Gasteiger partial charge in [0.15, 0.2) is 6.10 Å². The maximum absolute atomic E-state index is 12.1. The van der Waals surface area contributed by atoms with Gasteiger partial charge in [0.2, 0.25) is 0 Å². The number of benzene rings is 1. The van der Waals surface area contributed by atoms with Crippen molar-refractivity contribution in [1.82, 2.24) is 4.98 Å². The number of aromatic nitrogens is 1. The number of rotatable bonds is 5. The van der Waals surface area contributed by atoms with Crippen molar-refractivity contribution in [3.8, 4) is 0 Å². The lowest BCUT2D eigenvalue weighted by Crippen LogP contribution is -2.30. The second-order valence-electron chi connectivity index (χ2n) is 5.16. The number of nitrogens with one attached hydrogen (secondary N) is 1. The van der Waals surface area contributed by atoms with Crippen molar-refractivity contribution in [2.24, 2.45) is 0 Å². The number of carbonyl (C=O) groups excluding carboxylic acids is 2. The molecule has 0 spiro atoms. The van der Waals surface area contributed by atoms with E-state index in [0.717, 1.165) is 0 Å². The van der Waals surface area contributed by atoms with Crippen molar-refractivity contribution in [3.63, 3.8) is 0 Å². The highest BCUT2D eigenvalue weighted by molar-refractivity contribution is 6.30. The number of hydrogen-bond acceptors (Lipinski definition) is 6. The Morgan fingerprint density at radius 3 is 2.60 bits per heavy atom. The zero-order chi connectivity index (χ0) is 18.6. The maximum Gasteiger partial charge on any atom is 0.338 e. The van der Waals surface area contributed by atoms with Crippen molar-refractivity contribution in [3.05, 3.63) is 62.8 Å². The van der Waals surface area contributed by atoms with E-state index in [9.17, 15) is 19.7 Å². The van der Waals surface area contributed by atoms with Gasteiger partial charge in [0.1, 0.15) is 5.82 Å². The highest BCUT2D eigenvalue weighted by Crippen LogP contribution is 2.19. The van der Waals surface area contributed by atoms with Crippen LogP contribution in [0.2, 0.25) is 5.02 Å². The van der Waals surface area contributed by atoms with E-state index in [2.05, 4.69) is 10.3 Å². The average Bonchev–Trinajstić information content (AvgIpc) is 2.56. The predicted molar refractivity (Wildman–Crippen MR) is 90.6 cm³/mol. The number of carbonyl (C=O) groups is 2. The Labute approximate surface area is 147 Å². The first-order valence-electron chi connectivity index (χ1n) is 7.16. The van der Waals surface area contributed by atoms with Crippen LogP contribution in [-0.2, 0) is 9.53 Å². The van der Waals surface area contributed by atoms with Gasteiger partial charge in [-0.15, -0.1) is 0 Å². The molecule has 8 nitrogen and oxygen atoms in total. The summed E-state index contributed by atoms with van der Waals surface area (Å²) in [6.07, 6.45) is 0.286. The molecule has 1 N–H and O–H groups in total. The number of anilines is 1. The summed E-state index contributed by atoms with van der Waals surface area (Å²) < 4.78 is 5.07. The van der Waals surface area contributed by atoms with Crippen molar-refractivity contribution < 1.29 is 19.2 Å². The van der Waals surface area contributed by atoms with Crippen LogP contribution in [0, 0.1) is 17.0 Å². The van der Waals surface area contributed by atoms with E-state index < -0.39 is 22.9 Å². The number of nitrogens with zero attached hydrogens (tertiary/aromatic N) is 2. The fourth-order valence-electron chi connectivity index (χ4n) is 1.95. The van der Waals surface area contributed by atoms with Crippen LogP contribution in [-0.4, -0.2) is 27.9 Å². The molecule has 2 rings (SSSR count). The van der Waals surface area contributed by atoms with Gasteiger partial charge in [-0.05, 0) is 38.1 Å². The fraction of sp³-hybridized carbons (Fsp3) is 0.188. The topological polar surface area (TPSA) is 111 Å². The quantitative estimate of drug-likeness (QED) is 0.496. The summed E-state index contributed by atoms with van der Waals surface area (Å²) in [6.45, 7) is 2.92. The Bertz CT molecular complexity index is 823. The molecule has 2 aromatic rings. The molecule has 1 amide bonds. The van der Waals surface area contributed by atoms with Crippen molar-refractivity contribution in [1.29, 1.82) is 0 Å². The minimum atomic E-state index is -1.08. The monoisotopic (exact) mass is 363 g/mol. The molecule has 0 aliphatic carbocycles. The van der Waals surface area contributed by atoms with Crippen LogP contribution in [0.4, 0.5) is 11.5 Å². The van der Waals surface area contributed by atoms with Gasteiger partial charge in [-0.1, -0.05) is 11.6 Å². The zero-order valence-corrected chi connectivity index (χ0v) is 14.1. The summed E-state index contributed by atoms with van der Waals surface area (Å²) in [7, 11) is 0. The van der Waals surface area contributed by atoms with Gasteiger partial charge in [0, 0.05) is 17.8 Å². The average molecular weight is 364 g/mol. The van der Waals surface area contributed by atoms with Crippen LogP contribution >= 0.6 is 11.6 Å². The van der Waals surface area contributed by atoms with Gasteiger partial charge in [-0.25, -0.2) is 9.78 Å². The summed E-state index contributed by atoms with van der Waals surface area (Å²) in [4.78, 5) is 38.3. The molecule has 0 saturated carbocycles. The highest BCUT2D eigenvalue weighted by Gasteiger charge is 2.21. The van der Waals surface area contributed by atoms with Gasteiger partial charge < -0.3 is 10.1 Å². The standard InChI is InChI=1S/C16H14ClN3O5/c1-9-7-11(3-5-13(9)20(23)24)16(22)25-10(2)15(21)19-14-6-4-12(17)8-18-14/h3-8,10H,1-2H3,(H,18,19,21)/t10-/m0/s1. The summed E-state index contributed by atoms with van der Waals surface area (Å²) in [5, 5.41) is 13.7. The smallest absolute Gasteiger partial charge is 0.338 e. The minimum absolute atomic E-state index is 0.101. The Kier molecular flexibility index (Phi) is 5.66. The van der Waals surface area contributed by atoms with Crippen LogP contribution in [0.25, 0.3) is 0 Å². The molecule has 0 fully saturated rings. The van der Waals surface area contributed by atoms with Gasteiger partial charge in [0.25, 0.3) is 11.6 Å². The lowest BCUT2D eigenvalue weighted by molar-refractivity contribution is -0.385. The lowest BCUT2D eigenvalue weighted by Gasteiger charge is -2.13. The predicted octanol–water partition coefficient (Wildman–Crippen LogP) is 3.14. The number of nitro groups is 1. The van der Waals surface area contributed by atoms with Crippen LogP contribution in [0.1, 0.15) is 22.8 Å². The third-order valence-corrected chi connectivity index (χ3v) is 3.48. The molecule has 1 aromatic heterocycles. The Balaban J connectivity index is 2.01. The number of ether oxygens (including phenoxy) is 1. The second kappa shape index (κ2) is 7.71. The van der Waals surface area contributed by atoms with Gasteiger partial charge in [-0.3, -0.25) is 14.9 Å². The number of halogens is 1. The van der Waals surface area contributed by atoms with Crippen molar-refractivity contribution >= 4 is 35.0 Å². The normalized spacial score (nSPS) is 11.5. The number of esters is 1. The van der Waals surface area contributed by atoms with Gasteiger partial charge >= 0.3 is 5.97 Å². The van der Waals surface area contributed by atoms with E-state index in [1.807, 2.05) is 0 Å². The van der Waals surface area contributed by atoms with E-state index in [4.69, 9.17) is 16.3 Å². The Hall–Kier alpha value is -3.00. The van der Waals surface area contributed by atoms with E-state index in [1.54, 1.807) is 6.07 Å². The molecule has 1 aromatic carbocycles. The SMILES string of the molecule is Cc1cc(C(=O)O[C@@H](C)C(=O)Nc2ccc(Cl)cn2)ccc1[N+](=O)[O-]. The van der Waals surface area contributed by atoms with Gasteiger partial charge in [0.05, 0.1) is 15.5 Å². The first kappa shape index (κ1) is 18.3. The molecule has 1 atom stereocenters. The molecule has 0 aliphatic heterocycles. The molecule has 0 radical (unpaired) electrons. The first-order valence-corrected chi connectivity index (χ1v) is 7.54. The number of aryl methyl sites for hydroxylation is 1. The molecule has 25 heavy (non-hydrogen) atoms. The third-order valence-electron chi connectivity index (χ3n) is 3.26. The van der Waals surface area contributed by atoms with Crippen LogP contribution < -0.4 is 5.32 Å². The molecule has 9 heteroatoms. The largest absolute Gasteiger partial charge is 0.449 e. The van der Waals surface area contributed by atoms with E-state index in [1.165, 1.54) is 44.3 Å². The van der Waals surface area contributed by atoms with E-state index >= 15 is 0 Å². The molecule has 0 aliphatic rings. The van der Waals surface area contributed by atoms with Crippen molar-refractivity contribution in [2.45, 2.75) is 20.0 Å². The Morgan fingerprint density at radius 1 is 1.32 bits per heavy atom. The zero-order valence-electron chi connectivity index (χ0n) is 13.4. The summed E-state index contributed by atoms with van der Waals surface area (Å²) in [5.41, 5.74) is 0.338. The van der Waals surface area contributed by atoms with Gasteiger partial charge in [-0.2, -0.15) is 0 Å². The minimum Gasteiger partial charge on any atom is -0.449 e. The molecule has 1 heterocycles. The molecular weight excluding hydrogens is 350 g/mol. The Morgan fingerprint density at radius 2 is 2.04 bits per heavy atom. The van der Waals surface area contributed by atoms with Crippen LogP contribution in [0.5, 0.6) is 0 Å². The number of hydrogen-bond donors (Lipinski definition) is 1. The van der Waals surface area contributed by atoms with Crippen LogP contribution in [0.3, 0.4) is 0 Å². The first-order chi connectivity index (χ1) is 11.8. The number of amides is 1. The summed E-state index contributed by atoms with van der Waals surface area (Å²) in [6, 6.07) is 6.90. The highest BCUT2D eigenvalue weighted by atomic mass is 35.5. The molecule has 130 valence electrons. The van der Waals surface area contributed by atoms with E-state index in [0.29, 0.717) is 10.6 Å². The maximum atomic E-state index is 12.1. The summed E-state index contributed by atoms with van der Waals surface area (Å²) in [5.74, 6) is -1.06. The fourth-order valence-corrected chi connectivity index (χ4v) is 2.06. The molecular formula is C16H14ClN3O5. The molecule has 0 bridgehead atoms. The second-order valence-corrected chi connectivity index (χ2v) is 5.59. The number of nitro benzene ring substituents is 1. The summed E-state index contributed by atoms with van der Waals surface area (Å²) >= 11 is 5.70. The van der Waals surface area contributed by atoms with Crippen molar-refractivity contribution in [2.75, 3.05) is 5.32 Å². The number of pyridine rings is 1. The van der Waals surface area contributed by atoms with E-state index in [-0.39, 0.29) is 17.1 Å².